The Balaban J connectivity index is 3.50. The number of esters is 3. The molecule has 49 heavy (non-hydrogen) atoms. The van der Waals surface area contributed by atoms with E-state index in [0.717, 1.165) is 0 Å². The Bertz CT molecular complexity index is 1050. The third-order valence-electron chi connectivity index (χ3n) is 7.30. The molecular formula is C36H66N4O9. The molecule has 0 radical (unpaired) electrons. The zero-order chi connectivity index (χ0) is 37.8. The van der Waals surface area contributed by atoms with Crippen LogP contribution in [0.4, 0.5) is 0 Å². The number of carboxylic acid groups (broad SMARTS) is 1. The molecule has 1 rings (SSSR count). The Morgan fingerprint density at radius 2 is 0.939 bits per heavy atom. The molecule has 1 atom stereocenters. The number of ether oxygens (including phenoxy) is 3. The second-order valence-electron chi connectivity index (χ2n) is 17.3. The van der Waals surface area contributed by atoms with Crippen molar-refractivity contribution >= 4 is 29.7 Å². The lowest BCUT2D eigenvalue weighted by Gasteiger charge is -2.37. The van der Waals surface area contributed by atoms with Crippen LogP contribution in [0.25, 0.3) is 0 Å². The monoisotopic (exact) mass is 698 g/mol. The maximum atomic E-state index is 13.6. The molecule has 0 bridgehead atoms. The van der Waals surface area contributed by atoms with Crippen LogP contribution in [0.5, 0.6) is 0 Å². The van der Waals surface area contributed by atoms with Crippen LogP contribution in [0.1, 0.15) is 102 Å². The van der Waals surface area contributed by atoms with Gasteiger partial charge in [-0.05, 0) is 74.1 Å². The summed E-state index contributed by atoms with van der Waals surface area (Å²) in [5.74, 6) is -2.21. The number of ketones is 1. The Morgan fingerprint density at radius 3 is 1.29 bits per heavy atom. The Hall–Kier alpha value is -2.61. The molecule has 0 spiro atoms. The van der Waals surface area contributed by atoms with Gasteiger partial charge < -0.3 is 19.3 Å². The summed E-state index contributed by atoms with van der Waals surface area (Å²) in [6, 6.07) is -0.850. The number of rotatable bonds is 12. The molecule has 0 amide bonds. The molecule has 13 nitrogen and oxygen atoms in total. The number of carboxylic acids is 1. The van der Waals surface area contributed by atoms with E-state index in [1.807, 2.05) is 61.1 Å². The van der Waals surface area contributed by atoms with Gasteiger partial charge in [-0.3, -0.25) is 43.6 Å². The maximum Gasteiger partial charge on any atom is 0.323 e. The highest BCUT2D eigenvalue weighted by molar-refractivity contribution is 5.81. The summed E-state index contributed by atoms with van der Waals surface area (Å²) < 4.78 is 17.0. The van der Waals surface area contributed by atoms with Crippen molar-refractivity contribution in [2.24, 2.45) is 5.41 Å². The summed E-state index contributed by atoms with van der Waals surface area (Å²) in [5.41, 5.74) is -2.29. The number of carbonyl (C=O) groups is 5. The SMILES string of the molecule is CC(C)(C)CC(=O)CN1CCN(CC(=O)OC(C)(C)C)CCN(CC(=O)OC(C)(C)C)CCN(C(CCC(=O)O)C(=O)OC(C)(C)C)CC1. The molecule has 1 N–H and O–H groups in total. The van der Waals surface area contributed by atoms with Crippen molar-refractivity contribution in [2.45, 2.75) is 125 Å². The topological polar surface area (TPSA) is 146 Å². The molecule has 0 aromatic heterocycles. The van der Waals surface area contributed by atoms with Crippen LogP contribution in [0.2, 0.25) is 0 Å². The summed E-state index contributed by atoms with van der Waals surface area (Å²) in [4.78, 5) is 72.1. The van der Waals surface area contributed by atoms with Crippen LogP contribution in [0.3, 0.4) is 0 Å². The maximum absolute atomic E-state index is 13.6. The minimum atomic E-state index is -1.02. The third-order valence-corrected chi connectivity index (χ3v) is 7.30. The smallest absolute Gasteiger partial charge is 0.323 e. The van der Waals surface area contributed by atoms with Gasteiger partial charge >= 0.3 is 23.9 Å². The molecule has 0 saturated carbocycles. The lowest BCUT2D eigenvalue weighted by molar-refractivity contribution is -0.163. The average molecular weight is 699 g/mol. The molecule has 1 heterocycles. The number of aliphatic carboxylic acids is 1. The van der Waals surface area contributed by atoms with Crippen LogP contribution >= 0.6 is 0 Å². The molecule has 0 aromatic rings. The molecule has 1 unspecified atom stereocenters. The van der Waals surface area contributed by atoms with Crippen molar-refractivity contribution in [3.8, 4) is 0 Å². The second-order valence-corrected chi connectivity index (χ2v) is 17.3. The van der Waals surface area contributed by atoms with Gasteiger partial charge in [0.25, 0.3) is 0 Å². The minimum absolute atomic E-state index is 0.00888. The third kappa shape index (κ3) is 22.0. The Labute approximate surface area is 294 Å². The Morgan fingerprint density at radius 1 is 0.571 bits per heavy atom. The van der Waals surface area contributed by atoms with E-state index in [1.165, 1.54) is 0 Å². The van der Waals surface area contributed by atoms with E-state index in [1.54, 1.807) is 41.5 Å². The summed E-state index contributed by atoms with van der Waals surface area (Å²) >= 11 is 0. The van der Waals surface area contributed by atoms with Gasteiger partial charge in [-0.2, -0.15) is 0 Å². The first-order valence-corrected chi connectivity index (χ1v) is 17.5. The van der Waals surface area contributed by atoms with Gasteiger partial charge in [-0.1, -0.05) is 20.8 Å². The van der Waals surface area contributed by atoms with E-state index in [4.69, 9.17) is 14.2 Å². The zero-order valence-electron chi connectivity index (χ0n) is 32.5. The number of carbonyl (C=O) groups excluding carboxylic acids is 4. The van der Waals surface area contributed by atoms with Crippen molar-refractivity contribution in [1.82, 2.24) is 19.6 Å². The van der Waals surface area contributed by atoms with Crippen LogP contribution in [0.15, 0.2) is 0 Å². The van der Waals surface area contributed by atoms with Gasteiger partial charge in [0.2, 0.25) is 0 Å². The summed E-state index contributed by atoms with van der Waals surface area (Å²) in [5, 5.41) is 9.53. The first-order valence-electron chi connectivity index (χ1n) is 17.5. The lowest BCUT2D eigenvalue weighted by atomic mass is 9.90. The van der Waals surface area contributed by atoms with Gasteiger partial charge in [0.05, 0.1) is 19.6 Å². The van der Waals surface area contributed by atoms with E-state index in [-0.39, 0.29) is 49.6 Å². The van der Waals surface area contributed by atoms with Crippen molar-refractivity contribution in [3.63, 3.8) is 0 Å². The molecule has 13 heteroatoms. The quantitative estimate of drug-likeness (QED) is 0.235. The second kappa shape index (κ2) is 19.1. The number of hydrogen-bond donors (Lipinski definition) is 1. The highest BCUT2D eigenvalue weighted by Gasteiger charge is 2.33. The average Bonchev–Trinajstić information content (AvgIpc) is 2.85. The first kappa shape index (κ1) is 44.4. The van der Waals surface area contributed by atoms with E-state index in [9.17, 15) is 29.1 Å². The predicted octanol–water partition coefficient (Wildman–Crippen LogP) is 3.47. The zero-order valence-corrected chi connectivity index (χ0v) is 32.5. The van der Waals surface area contributed by atoms with E-state index in [0.29, 0.717) is 58.8 Å². The summed E-state index contributed by atoms with van der Waals surface area (Å²) in [7, 11) is 0. The van der Waals surface area contributed by atoms with Crippen LogP contribution in [0, 0.1) is 5.41 Å². The molecular weight excluding hydrogens is 632 g/mol. The van der Waals surface area contributed by atoms with Crippen molar-refractivity contribution in [1.29, 1.82) is 0 Å². The van der Waals surface area contributed by atoms with E-state index < -0.39 is 40.8 Å². The predicted molar refractivity (Wildman–Crippen MR) is 188 cm³/mol. The van der Waals surface area contributed by atoms with Gasteiger partial charge in [-0.15, -0.1) is 0 Å². The first-order chi connectivity index (χ1) is 22.2. The van der Waals surface area contributed by atoms with Gasteiger partial charge in [0.15, 0.2) is 0 Å². The molecule has 0 aromatic carbocycles. The van der Waals surface area contributed by atoms with Crippen LogP contribution < -0.4 is 0 Å². The Kier molecular flexibility index (Phi) is 17.3. The van der Waals surface area contributed by atoms with Crippen LogP contribution in [-0.2, 0) is 38.2 Å². The van der Waals surface area contributed by atoms with E-state index >= 15 is 0 Å². The summed E-state index contributed by atoms with van der Waals surface area (Å²) in [6.07, 6.45) is 0.214. The normalized spacial score (nSPS) is 18.1. The highest BCUT2D eigenvalue weighted by atomic mass is 16.6. The molecule has 1 aliphatic heterocycles. The van der Waals surface area contributed by atoms with Crippen molar-refractivity contribution in [3.05, 3.63) is 0 Å². The molecule has 284 valence electrons. The largest absolute Gasteiger partial charge is 0.481 e. The number of hydrogen-bond acceptors (Lipinski definition) is 12. The fourth-order valence-corrected chi connectivity index (χ4v) is 5.43. The fraction of sp³-hybridized carbons (Fsp3) is 0.861. The van der Waals surface area contributed by atoms with Gasteiger partial charge in [-0.25, -0.2) is 0 Å². The number of Topliss-reactive ketones (excluding diaryl/α,β-unsaturated/α-hetero) is 1. The summed E-state index contributed by atoms with van der Waals surface area (Å²) in [6.45, 7) is 25.6. The molecule has 1 fully saturated rings. The fourth-order valence-electron chi connectivity index (χ4n) is 5.43. The van der Waals surface area contributed by atoms with Gasteiger partial charge in [0, 0.05) is 65.2 Å². The molecule has 1 saturated heterocycles. The lowest BCUT2D eigenvalue weighted by Crippen LogP contribution is -2.53. The van der Waals surface area contributed by atoms with Gasteiger partial charge in [0.1, 0.15) is 28.6 Å². The van der Waals surface area contributed by atoms with Crippen molar-refractivity contribution < 1.29 is 43.3 Å². The number of nitrogens with zero attached hydrogens (tertiary/aromatic N) is 4. The highest BCUT2D eigenvalue weighted by Crippen LogP contribution is 2.20. The molecule has 1 aliphatic rings. The standard InChI is InChI=1S/C36H66N4O9/c1-33(2,3)23-27(41)24-37-15-16-38(25-30(44)47-34(4,5)6)17-18-39(26-31(45)48-35(7,8)9)20-22-40(21-19-37)28(13-14-29(42)43)32(46)49-36(10,11)12/h28H,13-26H2,1-12H3,(H,42,43). The van der Waals surface area contributed by atoms with Crippen molar-refractivity contribution in [2.75, 3.05) is 72.0 Å². The van der Waals surface area contributed by atoms with E-state index in [2.05, 4.69) is 0 Å². The molecule has 0 aliphatic carbocycles. The minimum Gasteiger partial charge on any atom is -0.481 e. The van der Waals surface area contributed by atoms with Crippen LogP contribution in [-0.4, -0.2) is 149 Å².